The fraction of sp³-hybridized carbons (Fsp3) is 0.417. The molecule has 100 valence electrons. The number of nitrogens with zero attached hydrogens (tertiary/aromatic N) is 2. The number of ether oxygens (including phenoxy) is 1. The van der Waals surface area contributed by atoms with Gasteiger partial charge in [-0.15, -0.1) is 24.0 Å². The molecule has 1 heterocycles. The Morgan fingerprint density at radius 1 is 1.39 bits per heavy atom. The standard InChI is InChI=1S/C12H17N3O2.HI/c13-12(15-4-6-17-7-5-15)14-9-10-2-1-3-11(16)8-10;/h1-3,8,16H,4-7,9H2,(H2,13,14);1H. The van der Waals surface area contributed by atoms with Gasteiger partial charge in [0.25, 0.3) is 0 Å². The molecule has 1 fully saturated rings. The zero-order valence-corrected chi connectivity index (χ0v) is 12.4. The van der Waals surface area contributed by atoms with Crippen LogP contribution in [0, 0.1) is 0 Å². The van der Waals surface area contributed by atoms with Crippen molar-refractivity contribution in [1.29, 1.82) is 0 Å². The first-order valence-corrected chi connectivity index (χ1v) is 5.66. The summed E-state index contributed by atoms with van der Waals surface area (Å²) in [5.74, 6) is 0.791. The van der Waals surface area contributed by atoms with Gasteiger partial charge in [0, 0.05) is 13.1 Å². The van der Waals surface area contributed by atoms with Gasteiger partial charge in [0.1, 0.15) is 5.75 Å². The van der Waals surface area contributed by atoms with Crippen molar-refractivity contribution in [1.82, 2.24) is 4.90 Å². The number of nitrogens with two attached hydrogens (primary N) is 1. The highest BCUT2D eigenvalue weighted by Gasteiger charge is 2.11. The minimum absolute atomic E-state index is 0. The third kappa shape index (κ3) is 4.34. The van der Waals surface area contributed by atoms with Crippen LogP contribution in [0.5, 0.6) is 5.75 Å². The van der Waals surface area contributed by atoms with E-state index in [0.717, 1.165) is 18.7 Å². The van der Waals surface area contributed by atoms with Crippen molar-refractivity contribution >= 4 is 29.9 Å². The largest absolute Gasteiger partial charge is 0.508 e. The van der Waals surface area contributed by atoms with Crippen molar-refractivity contribution in [3.05, 3.63) is 29.8 Å². The predicted molar refractivity (Wildman–Crippen MR) is 81.2 cm³/mol. The number of hydrogen-bond donors (Lipinski definition) is 2. The van der Waals surface area contributed by atoms with E-state index in [4.69, 9.17) is 10.5 Å². The van der Waals surface area contributed by atoms with Gasteiger partial charge in [-0.25, -0.2) is 4.99 Å². The Kier molecular flexibility index (Phi) is 6.20. The fourth-order valence-corrected chi connectivity index (χ4v) is 1.72. The Balaban J connectivity index is 0.00000162. The summed E-state index contributed by atoms with van der Waals surface area (Å²) in [6.45, 7) is 3.45. The number of phenolic OH excluding ortho intramolecular Hbond substituents is 1. The number of benzene rings is 1. The van der Waals surface area contributed by atoms with Crippen LogP contribution < -0.4 is 5.73 Å². The summed E-state index contributed by atoms with van der Waals surface area (Å²) >= 11 is 0. The highest BCUT2D eigenvalue weighted by Crippen LogP contribution is 2.11. The molecule has 18 heavy (non-hydrogen) atoms. The summed E-state index contributed by atoms with van der Waals surface area (Å²) in [5, 5.41) is 9.32. The zero-order valence-electron chi connectivity index (χ0n) is 10.1. The van der Waals surface area contributed by atoms with Gasteiger partial charge < -0.3 is 20.5 Å². The molecule has 0 unspecified atom stereocenters. The van der Waals surface area contributed by atoms with E-state index in [2.05, 4.69) is 4.99 Å². The molecule has 1 aromatic carbocycles. The third-order valence-corrected chi connectivity index (χ3v) is 2.67. The second-order valence-electron chi connectivity index (χ2n) is 3.94. The summed E-state index contributed by atoms with van der Waals surface area (Å²) < 4.78 is 5.24. The average Bonchev–Trinajstić information content (AvgIpc) is 2.37. The van der Waals surface area contributed by atoms with E-state index in [0.29, 0.717) is 25.7 Å². The molecule has 2 rings (SSSR count). The first-order valence-electron chi connectivity index (χ1n) is 5.66. The second kappa shape index (κ2) is 7.42. The summed E-state index contributed by atoms with van der Waals surface area (Å²) in [7, 11) is 0. The lowest BCUT2D eigenvalue weighted by atomic mass is 10.2. The first-order chi connectivity index (χ1) is 8.25. The van der Waals surface area contributed by atoms with Crippen LogP contribution in [-0.4, -0.2) is 42.3 Å². The zero-order chi connectivity index (χ0) is 12.1. The van der Waals surface area contributed by atoms with Crippen LogP contribution in [0.4, 0.5) is 0 Å². The normalized spacial score (nSPS) is 16.2. The molecule has 0 amide bonds. The molecule has 0 spiro atoms. The van der Waals surface area contributed by atoms with Crippen molar-refractivity contribution in [2.24, 2.45) is 10.7 Å². The minimum Gasteiger partial charge on any atom is -0.508 e. The van der Waals surface area contributed by atoms with Gasteiger partial charge in [0.2, 0.25) is 0 Å². The average molecular weight is 363 g/mol. The number of aromatic hydroxyl groups is 1. The summed E-state index contributed by atoms with van der Waals surface area (Å²) in [4.78, 5) is 6.32. The summed E-state index contributed by atoms with van der Waals surface area (Å²) in [6.07, 6.45) is 0. The van der Waals surface area contributed by atoms with E-state index < -0.39 is 0 Å². The van der Waals surface area contributed by atoms with E-state index in [-0.39, 0.29) is 29.7 Å². The summed E-state index contributed by atoms with van der Waals surface area (Å²) in [5.41, 5.74) is 6.84. The number of rotatable bonds is 2. The van der Waals surface area contributed by atoms with Crippen LogP contribution in [0.25, 0.3) is 0 Å². The van der Waals surface area contributed by atoms with Gasteiger partial charge in [-0.1, -0.05) is 12.1 Å². The van der Waals surface area contributed by atoms with Crippen molar-refractivity contribution in [2.75, 3.05) is 26.3 Å². The molecule has 0 bridgehead atoms. The monoisotopic (exact) mass is 363 g/mol. The molecule has 5 nitrogen and oxygen atoms in total. The molecule has 0 atom stereocenters. The third-order valence-electron chi connectivity index (χ3n) is 2.67. The predicted octanol–water partition coefficient (Wildman–Crippen LogP) is 1.16. The Labute approximate surface area is 124 Å². The van der Waals surface area contributed by atoms with Crippen LogP contribution in [0.15, 0.2) is 29.3 Å². The van der Waals surface area contributed by atoms with Gasteiger partial charge in [-0.05, 0) is 17.7 Å². The number of aliphatic imine (C=N–C) groups is 1. The highest BCUT2D eigenvalue weighted by atomic mass is 127. The van der Waals surface area contributed by atoms with Gasteiger partial charge in [0.05, 0.1) is 19.8 Å². The van der Waals surface area contributed by atoms with Gasteiger partial charge >= 0.3 is 0 Å². The van der Waals surface area contributed by atoms with Crippen LogP contribution in [0.1, 0.15) is 5.56 Å². The lowest BCUT2D eigenvalue weighted by Crippen LogP contribution is -2.44. The van der Waals surface area contributed by atoms with E-state index in [1.165, 1.54) is 0 Å². The molecule has 0 saturated carbocycles. The number of guanidine groups is 1. The van der Waals surface area contributed by atoms with E-state index >= 15 is 0 Å². The quantitative estimate of drug-likeness (QED) is 0.470. The van der Waals surface area contributed by atoms with Gasteiger partial charge in [0.15, 0.2) is 5.96 Å². The maximum Gasteiger partial charge on any atom is 0.191 e. The van der Waals surface area contributed by atoms with E-state index in [1.807, 2.05) is 11.0 Å². The molecule has 0 radical (unpaired) electrons. The molecule has 6 heteroatoms. The highest BCUT2D eigenvalue weighted by molar-refractivity contribution is 14.0. The lowest BCUT2D eigenvalue weighted by molar-refractivity contribution is 0.0674. The van der Waals surface area contributed by atoms with Crippen molar-refractivity contribution < 1.29 is 9.84 Å². The number of phenols is 1. The molecular formula is C12H18IN3O2. The van der Waals surface area contributed by atoms with Crippen molar-refractivity contribution in [2.45, 2.75) is 6.54 Å². The SMILES string of the molecule is I.NC(=NCc1cccc(O)c1)N1CCOCC1. The fourth-order valence-electron chi connectivity index (χ4n) is 1.72. The van der Waals surface area contributed by atoms with Crippen molar-refractivity contribution in [3.8, 4) is 5.75 Å². The van der Waals surface area contributed by atoms with Crippen LogP contribution >= 0.6 is 24.0 Å². The topological polar surface area (TPSA) is 71.1 Å². The van der Waals surface area contributed by atoms with E-state index in [9.17, 15) is 5.11 Å². The molecular weight excluding hydrogens is 345 g/mol. The Morgan fingerprint density at radius 2 is 2.11 bits per heavy atom. The number of morpholine rings is 1. The van der Waals surface area contributed by atoms with Crippen LogP contribution in [-0.2, 0) is 11.3 Å². The molecule has 3 N–H and O–H groups in total. The molecule has 1 saturated heterocycles. The lowest BCUT2D eigenvalue weighted by Gasteiger charge is -2.27. The summed E-state index contributed by atoms with van der Waals surface area (Å²) in [6, 6.07) is 7.04. The Hall–Kier alpha value is -1.02. The van der Waals surface area contributed by atoms with Crippen molar-refractivity contribution in [3.63, 3.8) is 0 Å². The van der Waals surface area contributed by atoms with Gasteiger partial charge in [-0.3, -0.25) is 0 Å². The minimum atomic E-state index is 0. The molecule has 1 aromatic rings. The number of halogens is 1. The van der Waals surface area contributed by atoms with E-state index in [1.54, 1.807) is 18.2 Å². The first kappa shape index (κ1) is 15.0. The number of hydrogen-bond acceptors (Lipinski definition) is 3. The second-order valence-corrected chi connectivity index (χ2v) is 3.94. The van der Waals surface area contributed by atoms with Crippen LogP contribution in [0.2, 0.25) is 0 Å². The molecule has 0 aromatic heterocycles. The maximum absolute atomic E-state index is 9.32. The maximum atomic E-state index is 9.32. The smallest absolute Gasteiger partial charge is 0.191 e. The molecule has 1 aliphatic rings. The Morgan fingerprint density at radius 3 is 2.78 bits per heavy atom. The molecule has 0 aliphatic carbocycles. The van der Waals surface area contributed by atoms with Gasteiger partial charge in [-0.2, -0.15) is 0 Å². The van der Waals surface area contributed by atoms with Crippen LogP contribution in [0.3, 0.4) is 0 Å². The molecule has 1 aliphatic heterocycles. The Bertz CT molecular complexity index is 406.